The average molecular weight is 840 g/mol. The first-order chi connectivity index (χ1) is 32.8. The number of hydrogen-bond acceptors (Lipinski definition) is 1. The second-order valence-corrected chi connectivity index (χ2v) is 16.6. The summed E-state index contributed by atoms with van der Waals surface area (Å²) < 4.78 is 0. The smallest absolute Gasteiger partial charge is 0.0702 e. The van der Waals surface area contributed by atoms with Gasteiger partial charge in [0.1, 0.15) is 0 Å². The van der Waals surface area contributed by atoms with E-state index in [0.29, 0.717) is 0 Å². The second-order valence-electron chi connectivity index (χ2n) is 16.6. The van der Waals surface area contributed by atoms with Gasteiger partial charge >= 0.3 is 0 Å². The van der Waals surface area contributed by atoms with E-state index in [9.17, 15) is 0 Å². The summed E-state index contributed by atoms with van der Waals surface area (Å²) in [6.45, 7) is 0. The number of nitrogens with zero attached hydrogens (tertiary/aromatic N) is 1. The molecule has 0 aliphatic rings. The first-order valence-corrected chi connectivity index (χ1v) is 22.6. The van der Waals surface area contributed by atoms with Crippen LogP contribution in [0.2, 0.25) is 0 Å². The van der Waals surface area contributed by atoms with Crippen molar-refractivity contribution in [1.82, 2.24) is 4.98 Å². The maximum absolute atomic E-state index is 4.70. The first-order valence-electron chi connectivity index (χ1n) is 22.6. The van der Waals surface area contributed by atoms with Crippen molar-refractivity contribution < 1.29 is 0 Å². The molecule has 0 saturated heterocycles. The number of benzene rings is 10. The molecule has 11 aromatic rings. The lowest BCUT2D eigenvalue weighted by atomic mass is 9.74. The van der Waals surface area contributed by atoms with Crippen molar-refractivity contribution in [3.8, 4) is 111 Å². The summed E-state index contributed by atoms with van der Waals surface area (Å²) in [6.07, 6.45) is 1.86. The van der Waals surface area contributed by atoms with Crippen molar-refractivity contribution in [3.63, 3.8) is 0 Å². The highest BCUT2D eigenvalue weighted by molar-refractivity contribution is 6.15. The molecular weight excluding hydrogens is 795 g/mol. The quantitative estimate of drug-likeness (QED) is 0.134. The predicted octanol–water partition coefficient (Wildman–Crippen LogP) is 17.8. The molecule has 0 unspecified atom stereocenters. The van der Waals surface area contributed by atoms with Crippen molar-refractivity contribution in [1.29, 1.82) is 0 Å². The minimum Gasteiger partial charge on any atom is -0.256 e. The Hall–Kier alpha value is -8.65. The molecular formula is C65H45N. The van der Waals surface area contributed by atoms with E-state index in [1.54, 1.807) is 0 Å². The number of aromatic nitrogens is 1. The van der Waals surface area contributed by atoms with E-state index in [1.165, 1.54) is 55.6 Å². The third-order valence-corrected chi connectivity index (χ3v) is 12.6. The van der Waals surface area contributed by atoms with Gasteiger partial charge in [0, 0.05) is 11.8 Å². The van der Waals surface area contributed by atoms with Gasteiger partial charge in [-0.3, -0.25) is 4.98 Å². The van der Waals surface area contributed by atoms with Gasteiger partial charge in [0.25, 0.3) is 0 Å². The zero-order chi connectivity index (χ0) is 44.1. The van der Waals surface area contributed by atoms with Crippen LogP contribution in [0.25, 0.3) is 111 Å². The third kappa shape index (κ3) is 7.96. The molecule has 0 bridgehead atoms. The van der Waals surface area contributed by atoms with Gasteiger partial charge in [0.05, 0.1) is 5.69 Å². The Balaban J connectivity index is 1.28. The van der Waals surface area contributed by atoms with Crippen LogP contribution in [0.3, 0.4) is 0 Å². The van der Waals surface area contributed by atoms with E-state index in [4.69, 9.17) is 4.98 Å². The van der Waals surface area contributed by atoms with Crippen molar-refractivity contribution >= 4 is 0 Å². The summed E-state index contributed by atoms with van der Waals surface area (Å²) >= 11 is 0. The molecule has 0 aliphatic carbocycles. The Morgan fingerprint density at radius 2 is 0.424 bits per heavy atom. The van der Waals surface area contributed by atoms with E-state index in [0.717, 1.165) is 55.8 Å². The van der Waals surface area contributed by atoms with Gasteiger partial charge in [-0.1, -0.05) is 243 Å². The molecule has 0 radical (unpaired) electrons. The summed E-state index contributed by atoms with van der Waals surface area (Å²) in [5.74, 6) is 0. The monoisotopic (exact) mass is 839 g/mol. The van der Waals surface area contributed by atoms with Gasteiger partial charge < -0.3 is 0 Å². The summed E-state index contributed by atoms with van der Waals surface area (Å²) in [5, 5.41) is 0. The Labute approximate surface area is 387 Å². The van der Waals surface area contributed by atoms with Gasteiger partial charge in [-0.2, -0.15) is 0 Å². The molecule has 310 valence electrons. The Morgan fingerprint density at radius 1 is 0.167 bits per heavy atom. The van der Waals surface area contributed by atoms with Crippen LogP contribution in [0.4, 0.5) is 0 Å². The fourth-order valence-electron chi connectivity index (χ4n) is 9.46. The highest BCUT2D eigenvalue weighted by Crippen LogP contribution is 2.56. The molecule has 0 amide bonds. The molecule has 0 N–H and O–H groups in total. The summed E-state index contributed by atoms with van der Waals surface area (Å²) in [4.78, 5) is 4.70. The van der Waals surface area contributed by atoms with E-state index < -0.39 is 0 Å². The van der Waals surface area contributed by atoms with Crippen LogP contribution in [-0.4, -0.2) is 4.98 Å². The number of rotatable bonds is 10. The molecule has 0 spiro atoms. The van der Waals surface area contributed by atoms with Crippen LogP contribution >= 0.6 is 0 Å². The Kier molecular flexibility index (Phi) is 11.1. The molecule has 10 aromatic carbocycles. The minimum atomic E-state index is 0.954. The summed E-state index contributed by atoms with van der Waals surface area (Å²) in [7, 11) is 0. The molecule has 0 aliphatic heterocycles. The largest absolute Gasteiger partial charge is 0.256 e. The number of hydrogen-bond donors (Lipinski definition) is 0. The topological polar surface area (TPSA) is 12.9 Å². The SMILES string of the molecule is c1ccc(-c2ccc(-c3c(-c4ccccc4)c(-c4ccccc4)c(-c4ccc(-c5ccccc5)cc4)c(-c4cccc(-c5cccc(-c6ccccn6)c5)c4)c3-c3ccccc3)cc2)cc1. The van der Waals surface area contributed by atoms with E-state index in [-0.39, 0.29) is 0 Å². The molecule has 1 heterocycles. The first kappa shape index (κ1) is 40.1. The van der Waals surface area contributed by atoms with Gasteiger partial charge in [0.15, 0.2) is 0 Å². The zero-order valence-corrected chi connectivity index (χ0v) is 36.4. The minimum absolute atomic E-state index is 0.954. The second kappa shape index (κ2) is 18.2. The van der Waals surface area contributed by atoms with Crippen molar-refractivity contribution in [2.24, 2.45) is 0 Å². The van der Waals surface area contributed by atoms with Gasteiger partial charge in [0.2, 0.25) is 0 Å². The van der Waals surface area contributed by atoms with Crippen LogP contribution in [0.15, 0.2) is 273 Å². The summed E-state index contributed by atoms with van der Waals surface area (Å²) in [6, 6.07) is 96.7. The number of pyridine rings is 1. The van der Waals surface area contributed by atoms with Crippen LogP contribution in [0.1, 0.15) is 0 Å². The van der Waals surface area contributed by atoms with E-state index in [1.807, 2.05) is 18.3 Å². The molecule has 0 fully saturated rings. The highest BCUT2D eigenvalue weighted by atomic mass is 14.7. The van der Waals surface area contributed by atoms with Gasteiger partial charge in [-0.15, -0.1) is 0 Å². The lowest BCUT2D eigenvalue weighted by Crippen LogP contribution is -2.02. The van der Waals surface area contributed by atoms with E-state index in [2.05, 4.69) is 255 Å². The van der Waals surface area contributed by atoms with Crippen molar-refractivity contribution in [2.75, 3.05) is 0 Å². The Bertz CT molecular complexity index is 3380. The standard InChI is InChI=1S/C65H45N/c1-6-20-46(21-7-1)48-35-39-53(40-36-48)63-60(50-24-10-3-11-25-50)61(51-26-12-4-13-27-51)64(54-41-37-49(38-42-54)47-22-8-2-9-23-47)65(62(63)52-28-14-5-15-29-52)58-33-19-31-56(45-58)55-30-18-32-57(44-55)59-34-16-17-43-66-59/h1-45H. The normalized spacial score (nSPS) is 11.0. The van der Waals surface area contributed by atoms with Crippen LogP contribution in [0, 0.1) is 0 Å². The molecule has 1 nitrogen and oxygen atoms in total. The molecule has 66 heavy (non-hydrogen) atoms. The van der Waals surface area contributed by atoms with Crippen LogP contribution < -0.4 is 0 Å². The van der Waals surface area contributed by atoms with Gasteiger partial charge in [-0.05, 0) is 124 Å². The maximum atomic E-state index is 4.70. The van der Waals surface area contributed by atoms with Crippen LogP contribution in [0.5, 0.6) is 0 Å². The molecule has 0 atom stereocenters. The fourth-order valence-corrected chi connectivity index (χ4v) is 9.46. The molecule has 11 rings (SSSR count). The average Bonchev–Trinajstić information content (AvgIpc) is 3.42. The molecule has 1 aromatic heterocycles. The summed E-state index contributed by atoms with van der Waals surface area (Å²) in [5.41, 5.74) is 23.1. The Morgan fingerprint density at radius 3 is 0.803 bits per heavy atom. The van der Waals surface area contributed by atoms with Crippen molar-refractivity contribution in [3.05, 3.63) is 273 Å². The lowest BCUT2D eigenvalue weighted by Gasteiger charge is -2.29. The predicted molar refractivity (Wildman–Crippen MR) is 279 cm³/mol. The third-order valence-electron chi connectivity index (χ3n) is 12.6. The molecule has 1 heteroatoms. The highest BCUT2D eigenvalue weighted by Gasteiger charge is 2.29. The van der Waals surface area contributed by atoms with Gasteiger partial charge in [-0.25, -0.2) is 0 Å². The maximum Gasteiger partial charge on any atom is 0.0702 e. The van der Waals surface area contributed by atoms with E-state index >= 15 is 0 Å². The van der Waals surface area contributed by atoms with Crippen LogP contribution in [-0.2, 0) is 0 Å². The fraction of sp³-hybridized carbons (Fsp3) is 0. The van der Waals surface area contributed by atoms with Crippen molar-refractivity contribution in [2.45, 2.75) is 0 Å². The zero-order valence-electron chi connectivity index (χ0n) is 36.4. The molecule has 0 saturated carbocycles. The lowest BCUT2D eigenvalue weighted by molar-refractivity contribution is 1.33.